The number of amides is 3. The smallest absolute Gasteiger partial charge is 0.286 e. The number of rotatable bonds is 6. The van der Waals surface area contributed by atoms with Crippen molar-refractivity contribution < 1.29 is 14.4 Å². The summed E-state index contributed by atoms with van der Waals surface area (Å²) in [4.78, 5) is 39.8. The van der Waals surface area contributed by atoms with E-state index < -0.39 is 5.91 Å². The van der Waals surface area contributed by atoms with Crippen LogP contribution in [-0.2, 0) is 11.3 Å². The van der Waals surface area contributed by atoms with Crippen LogP contribution in [0.4, 0.5) is 5.69 Å². The number of aromatic nitrogens is 2. The van der Waals surface area contributed by atoms with Gasteiger partial charge in [-0.3, -0.25) is 14.4 Å². The molecule has 0 spiro atoms. The Hall–Kier alpha value is -3.30. The average Bonchev–Trinajstić information content (AvgIpc) is 3.35. The van der Waals surface area contributed by atoms with Crippen LogP contribution in [0.1, 0.15) is 43.6 Å². The van der Waals surface area contributed by atoms with E-state index in [9.17, 15) is 14.4 Å². The fourth-order valence-corrected chi connectivity index (χ4v) is 4.61. The van der Waals surface area contributed by atoms with E-state index >= 15 is 0 Å². The predicted molar refractivity (Wildman–Crippen MR) is 131 cm³/mol. The molecule has 1 fully saturated rings. The monoisotopic (exact) mass is 497 g/mol. The molecule has 10 heteroatoms. The lowest BCUT2D eigenvalue weighted by atomic mass is 9.97. The van der Waals surface area contributed by atoms with Crippen molar-refractivity contribution in [3.05, 3.63) is 74.7 Å². The number of piperidine rings is 1. The van der Waals surface area contributed by atoms with Gasteiger partial charge in [0, 0.05) is 30.3 Å². The van der Waals surface area contributed by atoms with Crippen LogP contribution in [0.3, 0.4) is 0 Å². The Kier molecular flexibility index (Phi) is 7.54. The number of benzene rings is 2. The van der Waals surface area contributed by atoms with Gasteiger partial charge in [0.1, 0.15) is 0 Å². The second-order valence-electron chi connectivity index (χ2n) is 8.13. The molecule has 0 radical (unpaired) electrons. The third kappa shape index (κ3) is 5.78. The van der Waals surface area contributed by atoms with Crippen LogP contribution in [0.25, 0.3) is 0 Å². The van der Waals surface area contributed by atoms with E-state index in [4.69, 9.17) is 11.6 Å². The van der Waals surface area contributed by atoms with Gasteiger partial charge in [-0.25, -0.2) is 0 Å². The van der Waals surface area contributed by atoms with Gasteiger partial charge in [-0.05, 0) is 43.5 Å². The van der Waals surface area contributed by atoms with Crippen LogP contribution in [-0.4, -0.2) is 45.9 Å². The first-order chi connectivity index (χ1) is 16.4. The summed E-state index contributed by atoms with van der Waals surface area (Å²) < 4.78 is 0. The first-order valence-corrected chi connectivity index (χ1v) is 12.1. The largest absolute Gasteiger partial charge is 0.352 e. The van der Waals surface area contributed by atoms with Crippen LogP contribution < -0.4 is 10.6 Å². The molecular weight excluding hydrogens is 474 g/mol. The molecule has 0 aliphatic carbocycles. The van der Waals surface area contributed by atoms with E-state index in [1.54, 1.807) is 23.1 Å². The molecule has 1 aromatic heterocycles. The summed E-state index contributed by atoms with van der Waals surface area (Å²) in [7, 11) is 0. The van der Waals surface area contributed by atoms with E-state index in [-0.39, 0.29) is 34.3 Å². The summed E-state index contributed by atoms with van der Waals surface area (Å²) in [5.41, 5.74) is 2.56. The number of nitrogens with zero attached hydrogens (tertiary/aromatic N) is 3. The van der Waals surface area contributed by atoms with E-state index in [1.165, 1.54) is 0 Å². The lowest BCUT2D eigenvalue weighted by Crippen LogP contribution is -2.45. The molecule has 3 amide bonds. The molecule has 3 aromatic rings. The van der Waals surface area contributed by atoms with Gasteiger partial charge < -0.3 is 15.5 Å². The molecule has 2 aromatic carbocycles. The minimum Gasteiger partial charge on any atom is -0.352 e. The topological polar surface area (TPSA) is 104 Å². The fraction of sp³-hybridized carbons (Fsp3) is 0.292. The molecule has 4 rings (SSSR count). The van der Waals surface area contributed by atoms with Crippen molar-refractivity contribution in [2.75, 3.05) is 18.4 Å². The summed E-state index contributed by atoms with van der Waals surface area (Å²) >= 11 is 7.10. The Balaban J connectivity index is 1.34. The van der Waals surface area contributed by atoms with E-state index in [0.717, 1.165) is 22.5 Å². The van der Waals surface area contributed by atoms with Crippen LogP contribution in [0.15, 0.2) is 48.5 Å². The summed E-state index contributed by atoms with van der Waals surface area (Å²) in [6.45, 7) is 3.11. The fourth-order valence-electron chi connectivity index (χ4n) is 3.70. The highest BCUT2D eigenvalue weighted by Crippen LogP contribution is 2.22. The second kappa shape index (κ2) is 10.8. The molecule has 2 N–H and O–H groups in total. The number of carbonyl (C=O) groups is 3. The van der Waals surface area contributed by atoms with Gasteiger partial charge in [0.25, 0.3) is 11.8 Å². The van der Waals surface area contributed by atoms with Crippen LogP contribution in [0.2, 0.25) is 5.02 Å². The number of aryl methyl sites for hydroxylation is 1. The summed E-state index contributed by atoms with van der Waals surface area (Å²) in [5.74, 6) is -1.18. The van der Waals surface area contributed by atoms with Gasteiger partial charge in [0.05, 0.1) is 5.92 Å². The molecule has 0 unspecified atom stereocenters. The van der Waals surface area contributed by atoms with E-state index in [1.807, 2.05) is 37.3 Å². The zero-order valence-corrected chi connectivity index (χ0v) is 20.2. The highest BCUT2D eigenvalue weighted by Gasteiger charge is 2.31. The highest BCUT2D eigenvalue weighted by atomic mass is 35.5. The number of anilines is 1. The highest BCUT2D eigenvalue weighted by molar-refractivity contribution is 7.15. The van der Waals surface area contributed by atoms with Gasteiger partial charge >= 0.3 is 0 Å². The number of carbonyl (C=O) groups excluding carboxylic acids is 3. The SMILES string of the molecule is Cc1ccc(NC(=O)c2nnc(C(=O)N3CCC[C@H](C(=O)NCc4ccccc4Cl)C3)s2)cc1. The molecule has 1 aliphatic heterocycles. The van der Waals surface area contributed by atoms with Gasteiger partial charge in [-0.2, -0.15) is 0 Å². The molecule has 1 saturated heterocycles. The molecule has 176 valence electrons. The number of halogens is 1. The van der Waals surface area contributed by atoms with Crippen molar-refractivity contribution in [3.63, 3.8) is 0 Å². The van der Waals surface area contributed by atoms with Crippen molar-refractivity contribution in [2.24, 2.45) is 5.92 Å². The Bertz CT molecular complexity index is 1200. The normalized spacial score (nSPS) is 15.6. The van der Waals surface area contributed by atoms with Crippen molar-refractivity contribution in [2.45, 2.75) is 26.3 Å². The van der Waals surface area contributed by atoms with Gasteiger partial charge in [-0.15, -0.1) is 10.2 Å². The first kappa shape index (κ1) is 23.8. The maximum atomic E-state index is 13.0. The average molecular weight is 498 g/mol. The van der Waals surface area contributed by atoms with Crippen LogP contribution >= 0.6 is 22.9 Å². The standard InChI is InChI=1S/C24H24ClN5O3S/c1-15-8-10-18(11-9-15)27-21(32)22-28-29-23(34-22)24(33)30-12-4-6-17(14-30)20(31)26-13-16-5-2-3-7-19(16)25/h2-3,5,7-11,17H,4,6,12-14H2,1H3,(H,26,31)(H,27,32)/t17-/m0/s1. The van der Waals surface area contributed by atoms with E-state index in [0.29, 0.717) is 36.6 Å². The molecule has 0 bridgehead atoms. The van der Waals surface area contributed by atoms with Crippen molar-refractivity contribution in [3.8, 4) is 0 Å². The minimum atomic E-state index is -0.420. The number of hydrogen-bond acceptors (Lipinski definition) is 6. The van der Waals surface area contributed by atoms with Crippen LogP contribution in [0.5, 0.6) is 0 Å². The second-order valence-corrected chi connectivity index (χ2v) is 9.52. The third-order valence-electron chi connectivity index (χ3n) is 5.60. The van der Waals surface area contributed by atoms with Gasteiger partial charge in [0.2, 0.25) is 15.9 Å². The number of likely N-dealkylation sites (tertiary alicyclic amines) is 1. The molecule has 34 heavy (non-hydrogen) atoms. The van der Waals surface area contributed by atoms with Crippen molar-refractivity contribution in [1.82, 2.24) is 20.4 Å². The van der Waals surface area contributed by atoms with Crippen molar-refractivity contribution in [1.29, 1.82) is 0 Å². The maximum absolute atomic E-state index is 13.0. The molecule has 8 nitrogen and oxygen atoms in total. The molecule has 1 aliphatic rings. The Morgan fingerprint density at radius 3 is 2.59 bits per heavy atom. The third-order valence-corrected chi connectivity index (χ3v) is 6.88. The molecule has 1 atom stereocenters. The maximum Gasteiger partial charge on any atom is 0.286 e. The zero-order valence-electron chi connectivity index (χ0n) is 18.6. The lowest BCUT2D eigenvalue weighted by molar-refractivity contribution is -0.126. The zero-order chi connectivity index (χ0) is 24.1. The molecular formula is C24H24ClN5O3S. The molecule has 2 heterocycles. The Morgan fingerprint density at radius 2 is 1.82 bits per heavy atom. The Morgan fingerprint density at radius 1 is 1.09 bits per heavy atom. The van der Waals surface area contributed by atoms with E-state index in [2.05, 4.69) is 20.8 Å². The number of hydrogen-bond donors (Lipinski definition) is 2. The number of nitrogens with one attached hydrogen (secondary N) is 2. The summed E-state index contributed by atoms with van der Waals surface area (Å²) in [6.07, 6.45) is 1.40. The van der Waals surface area contributed by atoms with Crippen molar-refractivity contribution >= 4 is 46.3 Å². The molecule has 0 saturated carbocycles. The van der Waals surface area contributed by atoms with Crippen LogP contribution in [0, 0.1) is 12.8 Å². The summed E-state index contributed by atoms with van der Waals surface area (Å²) in [6, 6.07) is 14.7. The van der Waals surface area contributed by atoms with Gasteiger partial charge in [-0.1, -0.05) is 58.8 Å². The summed E-state index contributed by atoms with van der Waals surface area (Å²) in [5, 5.41) is 14.3. The minimum absolute atomic E-state index is 0.106. The first-order valence-electron chi connectivity index (χ1n) is 10.9. The quantitative estimate of drug-likeness (QED) is 0.537. The lowest BCUT2D eigenvalue weighted by Gasteiger charge is -2.31. The Labute approximate surface area is 206 Å². The predicted octanol–water partition coefficient (Wildman–Crippen LogP) is 3.92. The van der Waals surface area contributed by atoms with Gasteiger partial charge in [0.15, 0.2) is 0 Å².